The zero-order chi connectivity index (χ0) is 28.8. The van der Waals surface area contributed by atoms with Crippen molar-refractivity contribution < 1.29 is 19.2 Å². The molecule has 2 amide bonds. The summed E-state index contributed by atoms with van der Waals surface area (Å²) in [5, 5.41) is 22.7. The van der Waals surface area contributed by atoms with Crippen LogP contribution in [0.2, 0.25) is 0 Å². The van der Waals surface area contributed by atoms with Crippen molar-refractivity contribution in [3.63, 3.8) is 0 Å². The summed E-state index contributed by atoms with van der Waals surface area (Å²) < 4.78 is 5.26. The smallest absolute Gasteiger partial charge is 0.274 e. The van der Waals surface area contributed by atoms with E-state index in [-0.39, 0.29) is 28.9 Å². The maximum atomic E-state index is 13.2. The predicted molar refractivity (Wildman–Crippen MR) is 153 cm³/mol. The fourth-order valence-corrected chi connectivity index (χ4v) is 3.87. The third-order valence-corrected chi connectivity index (χ3v) is 6.03. The molecule has 0 bridgehead atoms. The molecule has 0 aliphatic carbocycles. The fraction of sp³-hybridized carbons (Fsp3) is 0.143. The standard InChI is InChI=1S/C28H27N7O5/c1-16-9-11-18(31-26(36)20-7-5-6-8-24(20)40-4)13-22(16)33-27(37)21-15-30-28(34-25(21)29-3)32-19-12-10-17(2)23(14-19)35(38)39/h5-15H,1-4H3,(H,31,36)(H,33,37)(H2,29,30,32,34). The summed E-state index contributed by atoms with van der Waals surface area (Å²) in [6, 6.07) is 16.7. The number of benzene rings is 3. The number of methoxy groups -OCH3 is 1. The molecule has 3 aromatic carbocycles. The van der Waals surface area contributed by atoms with Gasteiger partial charge in [-0.15, -0.1) is 0 Å². The molecule has 0 aliphatic heterocycles. The van der Waals surface area contributed by atoms with Crippen molar-refractivity contribution in [2.45, 2.75) is 13.8 Å². The molecule has 0 saturated carbocycles. The second-order valence-corrected chi connectivity index (χ2v) is 8.73. The van der Waals surface area contributed by atoms with Gasteiger partial charge in [0.05, 0.1) is 17.6 Å². The number of nitrogens with one attached hydrogen (secondary N) is 4. The number of hydrogen-bond acceptors (Lipinski definition) is 9. The van der Waals surface area contributed by atoms with Gasteiger partial charge in [0.1, 0.15) is 17.1 Å². The van der Waals surface area contributed by atoms with Crippen LogP contribution in [-0.4, -0.2) is 40.9 Å². The highest BCUT2D eigenvalue weighted by molar-refractivity contribution is 6.09. The molecule has 0 saturated heterocycles. The van der Waals surface area contributed by atoms with E-state index in [4.69, 9.17) is 4.74 Å². The number of para-hydroxylation sites is 1. The molecular weight excluding hydrogens is 514 g/mol. The number of nitro groups is 1. The third kappa shape index (κ3) is 6.13. The number of aryl methyl sites for hydroxylation is 2. The first kappa shape index (κ1) is 27.5. The van der Waals surface area contributed by atoms with Gasteiger partial charge in [-0.3, -0.25) is 19.7 Å². The van der Waals surface area contributed by atoms with E-state index in [2.05, 4.69) is 31.2 Å². The Morgan fingerprint density at radius 2 is 1.60 bits per heavy atom. The first-order valence-corrected chi connectivity index (χ1v) is 12.1. The number of anilines is 5. The Hall–Kier alpha value is -5.52. The molecule has 12 heteroatoms. The van der Waals surface area contributed by atoms with E-state index in [0.29, 0.717) is 33.9 Å². The van der Waals surface area contributed by atoms with Crippen molar-refractivity contribution in [3.05, 3.63) is 99.2 Å². The molecule has 0 spiro atoms. The Morgan fingerprint density at radius 1 is 0.900 bits per heavy atom. The number of ether oxygens (including phenoxy) is 1. The molecule has 0 radical (unpaired) electrons. The van der Waals surface area contributed by atoms with Gasteiger partial charge in [0, 0.05) is 41.9 Å². The Morgan fingerprint density at radius 3 is 2.33 bits per heavy atom. The van der Waals surface area contributed by atoms with E-state index in [1.807, 2.05) is 6.92 Å². The van der Waals surface area contributed by atoms with E-state index < -0.39 is 10.8 Å². The van der Waals surface area contributed by atoms with E-state index in [1.54, 1.807) is 68.6 Å². The lowest BCUT2D eigenvalue weighted by Gasteiger charge is -2.14. The van der Waals surface area contributed by atoms with Gasteiger partial charge in [-0.2, -0.15) is 4.98 Å². The van der Waals surface area contributed by atoms with Gasteiger partial charge in [-0.25, -0.2) is 4.98 Å². The molecule has 40 heavy (non-hydrogen) atoms. The van der Waals surface area contributed by atoms with Crippen molar-refractivity contribution in [2.75, 3.05) is 35.4 Å². The van der Waals surface area contributed by atoms with Crippen molar-refractivity contribution in [1.82, 2.24) is 9.97 Å². The SMILES string of the molecule is CNc1nc(Nc2ccc(C)c([N+](=O)[O-])c2)ncc1C(=O)Nc1cc(NC(=O)c2ccccc2OC)ccc1C. The summed E-state index contributed by atoms with van der Waals surface area (Å²) in [5.41, 5.74) is 3.21. The third-order valence-electron chi connectivity index (χ3n) is 6.03. The highest BCUT2D eigenvalue weighted by atomic mass is 16.6. The molecule has 0 aliphatic rings. The van der Waals surface area contributed by atoms with Crippen LogP contribution in [0.25, 0.3) is 0 Å². The van der Waals surface area contributed by atoms with Crippen molar-refractivity contribution in [3.8, 4) is 5.75 Å². The van der Waals surface area contributed by atoms with Crippen LogP contribution >= 0.6 is 0 Å². The van der Waals surface area contributed by atoms with Crippen LogP contribution in [-0.2, 0) is 0 Å². The molecule has 0 fully saturated rings. The molecule has 1 heterocycles. The number of carbonyl (C=O) groups excluding carboxylic acids is 2. The molecule has 4 rings (SSSR count). The van der Waals surface area contributed by atoms with Gasteiger partial charge >= 0.3 is 0 Å². The molecule has 0 unspecified atom stereocenters. The Kier molecular flexibility index (Phi) is 8.19. The molecule has 1 aromatic heterocycles. The second kappa shape index (κ2) is 11.9. The zero-order valence-corrected chi connectivity index (χ0v) is 22.2. The summed E-state index contributed by atoms with van der Waals surface area (Å²) in [6.45, 7) is 3.47. The number of carbonyl (C=O) groups is 2. The van der Waals surface area contributed by atoms with Gasteiger partial charge < -0.3 is 26.0 Å². The largest absolute Gasteiger partial charge is 0.496 e. The van der Waals surface area contributed by atoms with Gasteiger partial charge in [0.15, 0.2) is 0 Å². The summed E-state index contributed by atoms with van der Waals surface area (Å²) in [4.78, 5) is 45.3. The summed E-state index contributed by atoms with van der Waals surface area (Å²) in [7, 11) is 3.10. The van der Waals surface area contributed by atoms with Crippen molar-refractivity contribution >= 4 is 46.3 Å². The van der Waals surface area contributed by atoms with E-state index in [1.165, 1.54) is 19.4 Å². The number of hydrogen-bond donors (Lipinski definition) is 4. The van der Waals surface area contributed by atoms with Crippen LogP contribution in [0.4, 0.5) is 34.5 Å². The average molecular weight is 542 g/mol. The Balaban J connectivity index is 1.52. The van der Waals surface area contributed by atoms with Crippen molar-refractivity contribution in [2.24, 2.45) is 0 Å². The number of nitro benzene ring substituents is 1. The first-order chi connectivity index (χ1) is 19.2. The predicted octanol–water partition coefficient (Wildman–Crippen LogP) is 5.30. The summed E-state index contributed by atoms with van der Waals surface area (Å²) >= 11 is 0. The quantitative estimate of drug-likeness (QED) is 0.163. The minimum absolute atomic E-state index is 0.0356. The molecule has 4 N–H and O–H groups in total. The average Bonchev–Trinajstić information content (AvgIpc) is 2.95. The summed E-state index contributed by atoms with van der Waals surface area (Å²) in [5.74, 6) is 0.00886. The lowest BCUT2D eigenvalue weighted by molar-refractivity contribution is -0.385. The van der Waals surface area contributed by atoms with Crippen LogP contribution < -0.4 is 26.0 Å². The first-order valence-electron chi connectivity index (χ1n) is 12.1. The highest BCUT2D eigenvalue weighted by Gasteiger charge is 2.18. The topological polar surface area (TPSA) is 160 Å². The number of rotatable bonds is 9. The van der Waals surface area contributed by atoms with Crippen LogP contribution in [0.3, 0.4) is 0 Å². The zero-order valence-electron chi connectivity index (χ0n) is 22.2. The van der Waals surface area contributed by atoms with Gasteiger partial charge in [-0.1, -0.05) is 24.3 Å². The fourth-order valence-electron chi connectivity index (χ4n) is 3.87. The van der Waals surface area contributed by atoms with Gasteiger partial charge in [0.25, 0.3) is 17.5 Å². The normalized spacial score (nSPS) is 10.4. The lowest BCUT2D eigenvalue weighted by atomic mass is 10.1. The second-order valence-electron chi connectivity index (χ2n) is 8.73. The monoisotopic (exact) mass is 541 g/mol. The van der Waals surface area contributed by atoms with Crippen LogP contribution in [0, 0.1) is 24.0 Å². The lowest BCUT2D eigenvalue weighted by Crippen LogP contribution is -2.17. The summed E-state index contributed by atoms with van der Waals surface area (Å²) in [6.07, 6.45) is 1.35. The number of amides is 2. The Labute approximate surface area is 230 Å². The van der Waals surface area contributed by atoms with Crippen LogP contribution in [0.5, 0.6) is 5.75 Å². The molecule has 0 atom stereocenters. The molecule has 204 valence electrons. The van der Waals surface area contributed by atoms with Crippen molar-refractivity contribution in [1.29, 1.82) is 0 Å². The highest BCUT2D eigenvalue weighted by Crippen LogP contribution is 2.26. The van der Waals surface area contributed by atoms with Gasteiger partial charge in [-0.05, 0) is 49.7 Å². The van der Waals surface area contributed by atoms with E-state index in [9.17, 15) is 19.7 Å². The minimum atomic E-state index is -0.474. The maximum Gasteiger partial charge on any atom is 0.274 e. The van der Waals surface area contributed by atoms with E-state index in [0.717, 1.165) is 5.56 Å². The van der Waals surface area contributed by atoms with Crippen LogP contribution in [0.15, 0.2) is 66.9 Å². The minimum Gasteiger partial charge on any atom is -0.496 e. The van der Waals surface area contributed by atoms with Crippen LogP contribution in [0.1, 0.15) is 31.8 Å². The molecule has 4 aromatic rings. The molecule has 12 nitrogen and oxygen atoms in total. The van der Waals surface area contributed by atoms with E-state index >= 15 is 0 Å². The Bertz CT molecular complexity index is 1610. The molecular formula is C28H27N7O5. The van der Waals surface area contributed by atoms with Gasteiger partial charge in [0.2, 0.25) is 5.95 Å². The number of aromatic nitrogens is 2. The maximum absolute atomic E-state index is 13.2. The number of nitrogens with zero attached hydrogens (tertiary/aromatic N) is 3.